The van der Waals surface area contributed by atoms with Gasteiger partial charge in [-0.1, -0.05) is 49.8 Å². The van der Waals surface area contributed by atoms with Crippen molar-refractivity contribution in [2.45, 2.75) is 58.0 Å². The third-order valence-corrected chi connectivity index (χ3v) is 7.91. The van der Waals surface area contributed by atoms with Gasteiger partial charge in [-0.25, -0.2) is 8.93 Å². The molecule has 8 N–H and O–H groups in total. The van der Waals surface area contributed by atoms with E-state index in [1.807, 2.05) is 0 Å². The van der Waals surface area contributed by atoms with Crippen molar-refractivity contribution < 1.29 is 20.6 Å². The molecule has 1 heterocycles. The number of likely N-dealkylation sites (tertiary alicyclic amines) is 1. The minimum atomic E-state index is -0.952. The molecule has 0 amide bonds. The van der Waals surface area contributed by atoms with Crippen molar-refractivity contribution in [3.63, 3.8) is 0 Å². The fourth-order valence-corrected chi connectivity index (χ4v) is 5.83. The van der Waals surface area contributed by atoms with Crippen LogP contribution in [0.25, 0.3) is 0 Å². The van der Waals surface area contributed by atoms with Crippen LogP contribution in [-0.2, 0) is 11.0 Å². The summed E-state index contributed by atoms with van der Waals surface area (Å²) >= 11 is 6.09. The predicted molar refractivity (Wildman–Crippen MR) is 141 cm³/mol. The molecule has 1 fully saturated rings. The van der Waals surface area contributed by atoms with Gasteiger partial charge in [0.2, 0.25) is 0 Å². The van der Waals surface area contributed by atoms with Crippen LogP contribution in [0.4, 0.5) is 0 Å². The zero-order valence-corrected chi connectivity index (χ0v) is 21.9. The number of hydrogen-bond acceptors (Lipinski definition) is 3. The average molecular weight is 508 g/mol. The smallest absolute Gasteiger partial charge is 0.0889 e. The maximum Gasteiger partial charge on any atom is 0.0889 e. The second kappa shape index (κ2) is 16.2. The number of hydrogen-bond donors (Lipinski definition) is 2. The summed E-state index contributed by atoms with van der Waals surface area (Å²) in [5.41, 5.74) is 0. The molecule has 0 aromatic heterocycles. The molecule has 7 nitrogen and oxygen atoms in total. The van der Waals surface area contributed by atoms with E-state index >= 15 is 0 Å². The van der Waals surface area contributed by atoms with Gasteiger partial charge in [-0.15, -0.1) is 0 Å². The van der Waals surface area contributed by atoms with Gasteiger partial charge in [-0.2, -0.15) is 0 Å². The fraction of sp³-hybridized carbons (Fsp3) is 0.750. The number of allylic oxidation sites excluding steroid dienone is 5. The van der Waals surface area contributed by atoms with E-state index in [9.17, 15) is 4.21 Å². The van der Waals surface area contributed by atoms with Crippen molar-refractivity contribution in [2.75, 3.05) is 32.4 Å². The monoisotopic (exact) mass is 507 g/mol. The first-order chi connectivity index (χ1) is 14.4. The van der Waals surface area contributed by atoms with Gasteiger partial charge in [0.05, 0.1) is 11.0 Å². The third-order valence-electron chi connectivity index (χ3n) is 7.00. The first-order valence-electron chi connectivity index (χ1n) is 11.7. The standard InChI is InChI=1S/C24H40ClN3OS.3H2O/c1-18(2)24(26-16-19-5-4-6-23(15-19)27-30(3)29)17-28-13-11-21(12-14-28)20-7-9-22(25)10-8-20;;;/h4,6-7,9-10,18-21,23-24,26-27H,5,8,11-17H2,1-3H3;3*1H2/t19?,20?,23?,24-,30?;;;/m0.../s1. The van der Waals surface area contributed by atoms with Gasteiger partial charge >= 0.3 is 0 Å². The van der Waals surface area contributed by atoms with E-state index < -0.39 is 11.0 Å². The van der Waals surface area contributed by atoms with Gasteiger partial charge in [0, 0.05) is 29.9 Å². The molecule has 4 unspecified atom stereocenters. The van der Waals surface area contributed by atoms with E-state index in [0.717, 1.165) is 43.3 Å². The highest BCUT2D eigenvalue weighted by atomic mass is 35.5. The Bertz CT molecular complexity index is 666. The highest BCUT2D eigenvalue weighted by molar-refractivity contribution is 7.82. The lowest BCUT2D eigenvalue weighted by Gasteiger charge is -2.38. The summed E-state index contributed by atoms with van der Waals surface area (Å²) in [6.07, 6.45) is 18.6. The Hall–Kier alpha value is -0.580. The highest BCUT2D eigenvalue weighted by Gasteiger charge is 2.28. The second-order valence-electron chi connectivity index (χ2n) is 9.69. The minimum absolute atomic E-state index is 0. The van der Waals surface area contributed by atoms with E-state index in [-0.39, 0.29) is 22.5 Å². The summed E-state index contributed by atoms with van der Waals surface area (Å²) in [5, 5.41) is 4.77. The number of rotatable bonds is 9. The van der Waals surface area contributed by atoms with Crippen LogP contribution >= 0.6 is 11.6 Å². The molecule has 2 aliphatic carbocycles. The number of nitrogens with one attached hydrogen (secondary N) is 2. The van der Waals surface area contributed by atoms with Crippen LogP contribution in [0.1, 0.15) is 46.0 Å². The molecule has 3 rings (SSSR count). The lowest BCUT2D eigenvalue weighted by molar-refractivity contribution is 0.137. The van der Waals surface area contributed by atoms with Crippen molar-refractivity contribution in [3.05, 3.63) is 35.4 Å². The summed E-state index contributed by atoms with van der Waals surface area (Å²) in [6.45, 7) is 9.25. The van der Waals surface area contributed by atoms with E-state index in [4.69, 9.17) is 11.6 Å². The maximum absolute atomic E-state index is 11.5. The van der Waals surface area contributed by atoms with Gasteiger partial charge in [0.1, 0.15) is 0 Å². The molecule has 0 spiro atoms. The molecular formula is C24H46ClN3O4S. The van der Waals surface area contributed by atoms with Crippen molar-refractivity contribution >= 4 is 22.6 Å². The Kier molecular flexibility index (Phi) is 15.9. The van der Waals surface area contributed by atoms with Crippen LogP contribution in [-0.4, -0.2) is 70.1 Å². The maximum atomic E-state index is 11.5. The molecule has 0 aromatic rings. The quantitative estimate of drug-likeness (QED) is 0.459. The van der Waals surface area contributed by atoms with Gasteiger partial charge < -0.3 is 26.6 Å². The summed E-state index contributed by atoms with van der Waals surface area (Å²) in [6, 6.07) is 0.766. The number of piperidine rings is 1. The van der Waals surface area contributed by atoms with Crippen molar-refractivity contribution in [1.82, 2.24) is 14.9 Å². The summed E-state index contributed by atoms with van der Waals surface area (Å²) < 4.78 is 14.6. The summed E-state index contributed by atoms with van der Waals surface area (Å²) in [5.74, 6) is 2.70. The van der Waals surface area contributed by atoms with Crippen LogP contribution in [0, 0.1) is 23.7 Å². The molecule has 0 aromatic carbocycles. The van der Waals surface area contributed by atoms with Crippen molar-refractivity contribution in [3.8, 4) is 0 Å². The normalized spacial score (nSPS) is 27.7. The molecule has 0 bridgehead atoms. The molecule has 5 atom stereocenters. The molecule has 194 valence electrons. The zero-order chi connectivity index (χ0) is 21.5. The Morgan fingerprint density at radius 3 is 2.42 bits per heavy atom. The molecule has 1 aliphatic heterocycles. The molecule has 9 heteroatoms. The van der Waals surface area contributed by atoms with E-state index in [0.29, 0.717) is 23.8 Å². The molecule has 1 saturated heterocycles. The molecule has 3 aliphatic rings. The highest BCUT2D eigenvalue weighted by Crippen LogP contribution is 2.32. The van der Waals surface area contributed by atoms with Gasteiger partial charge in [0.15, 0.2) is 0 Å². The van der Waals surface area contributed by atoms with Crippen LogP contribution < -0.4 is 10.0 Å². The van der Waals surface area contributed by atoms with Crippen LogP contribution in [0.5, 0.6) is 0 Å². The summed E-state index contributed by atoms with van der Waals surface area (Å²) in [4.78, 5) is 2.66. The topological polar surface area (TPSA) is 139 Å². The Morgan fingerprint density at radius 1 is 1.15 bits per heavy atom. The Labute approximate surface area is 207 Å². The molecule has 0 saturated carbocycles. The SMILES string of the molecule is CC(C)[C@H](CN1CCC(C2C=CC(Cl)=CC2)CC1)NCC1CC=CC(NS(C)=O)C1.O.O.O. The van der Waals surface area contributed by atoms with Crippen LogP contribution in [0.3, 0.4) is 0 Å². The van der Waals surface area contributed by atoms with Crippen molar-refractivity contribution in [1.29, 1.82) is 0 Å². The lowest BCUT2D eigenvalue weighted by Crippen LogP contribution is -2.48. The molecular weight excluding hydrogens is 462 g/mol. The summed E-state index contributed by atoms with van der Waals surface area (Å²) in [7, 11) is -0.952. The molecule has 0 radical (unpaired) electrons. The lowest BCUT2D eigenvalue weighted by atomic mass is 9.80. The van der Waals surface area contributed by atoms with Gasteiger partial charge in [0.25, 0.3) is 0 Å². The van der Waals surface area contributed by atoms with E-state index in [2.05, 4.69) is 59.2 Å². The predicted octanol–water partition coefficient (Wildman–Crippen LogP) is 1.76. The minimum Gasteiger partial charge on any atom is -0.412 e. The zero-order valence-electron chi connectivity index (χ0n) is 20.4. The van der Waals surface area contributed by atoms with E-state index in [1.54, 1.807) is 6.26 Å². The first kappa shape index (κ1) is 32.4. The second-order valence-corrected chi connectivity index (χ2v) is 11.3. The number of nitrogens with zero attached hydrogens (tertiary/aromatic N) is 1. The van der Waals surface area contributed by atoms with Crippen LogP contribution in [0.15, 0.2) is 35.4 Å². The Balaban J connectivity index is 0.00000341. The Morgan fingerprint density at radius 2 is 1.85 bits per heavy atom. The largest absolute Gasteiger partial charge is 0.412 e. The van der Waals surface area contributed by atoms with Crippen molar-refractivity contribution in [2.24, 2.45) is 23.7 Å². The van der Waals surface area contributed by atoms with Gasteiger partial charge in [-0.3, -0.25) is 0 Å². The van der Waals surface area contributed by atoms with Crippen LogP contribution in [0.2, 0.25) is 0 Å². The van der Waals surface area contributed by atoms with Gasteiger partial charge in [-0.05, 0) is 81.5 Å². The first-order valence-corrected chi connectivity index (χ1v) is 13.6. The van der Waals surface area contributed by atoms with E-state index in [1.165, 1.54) is 25.9 Å². The third kappa shape index (κ3) is 10.7. The number of halogens is 1. The average Bonchev–Trinajstić information content (AvgIpc) is 2.72. The fourth-order valence-electron chi connectivity index (χ4n) is 5.07. The molecule has 33 heavy (non-hydrogen) atoms.